The van der Waals surface area contributed by atoms with E-state index in [0.717, 1.165) is 43.7 Å². The van der Waals surface area contributed by atoms with Gasteiger partial charge >= 0.3 is 12.1 Å². The smallest absolute Gasteiger partial charge is 0.410 e. The minimum Gasteiger partial charge on any atom is -0.466 e. The Hall–Kier alpha value is -2.31. The number of amides is 1. The van der Waals surface area contributed by atoms with Crippen LogP contribution in [0.25, 0.3) is 0 Å². The summed E-state index contributed by atoms with van der Waals surface area (Å²) in [6.07, 6.45) is 3.46. The standard InChI is InChI=1S/C21H33N3O4/c1-5-27-18(25)12-15-24(20(26)28-21(2,3)4)14-7-9-17-11-10-16-8-6-13-22-19(16)23-17/h10-11H,5-9,12-15H2,1-4H3,(H,22,23). The van der Waals surface area contributed by atoms with Crippen LogP contribution in [0.2, 0.25) is 0 Å². The fraction of sp³-hybridized carbons (Fsp3) is 0.667. The van der Waals surface area contributed by atoms with Crippen molar-refractivity contribution in [1.29, 1.82) is 0 Å². The molecule has 0 radical (unpaired) electrons. The summed E-state index contributed by atoms with van der Waals surface area (Å²) in [5.74, 6) is 0.675. The number of aromatic nitrogens is 1. The maximum atomic E-state index is 12.5. The fourth-order valence-electron chi connectivity index (χ4n) is 3.04. The number of esters is 1. The highest BCUT2D eigenvalue weighted by Crippen LogP contribution is 2.20. The molecule has 0 unspecified atom stereocenters. The molecule has 0 aliphatic carbocycles. The Bertz CT molecular complexity index is 670. The molecular formula is C21H33N3O4. The Balaban J connectivity index is 1.91. The van der Waals surface area contributed by atoms with E-state index in [2.05, 4.69) is 17.4 Å². The predicted molar refractivity (Wildman–Crippen MR) is 108 cm³/mol. The minimum atomic E-state index is -0.578. The second-order valence-corrected chi connectivity index (χ2v) is 7.97. The quantitative estimate of drug-likeness (QED) is 0.683. The molecule has 1 aliphatic rings. The highest BCUT2D eigenvalue weighted by atomic mass is 16.6. The first-order chi connectivity index (χ1) is 13.3. The number of fused-ring (bicyclic) bond motifs is 1. The van der Waals surface area contributed by atoms with Gasteiger partial charge in [0.1, 0.15) is 11.4 Å². The summed E-state index contributed by atoms with van der Waals surface area (Å²) in [6.45, 7) is 9.35. The Morgan fingerprint density at radius 1 is 1.25 bits per heavy atom. The molecule has 7 heteroatoms. The van der Waals surface area contributed by atoms with Crippen LogP contribution in [0.15, 0.2) is 12.1 Å². The van der Waals surface area contributed by atoms with Gasteiger partial charge in [-0.2, -0.15) is 0 Å². The van der Waals surface area contributed by atoms with Gasteiger partial charge in [-0.05, 0) is 65.0 Å². The summed E-state index contributed by atoms with van der Waals surface area (Å²) in [5.41, 5.74) is 1.69. The number of aryl methyl sites for hydroxylation is 2. The molecule has 0 fully saturated rings. The van der Waals surface area contributed by atoms with Gasteiger partial charge in [-0.1, -0.05) is 6.07 Å². The SMILES string of the molecule is CCOC(=O)CCN(CCCc1ccc2c(n1)NCCC2)C(=O)OC(C)(C)C. The van der Waals surface area contributed by atoms with Crippen molar-refractivity contribution in [3.63, 3.8) is 0 Å². The van der Waals surface area contributed by atoms with Crippen molar-refractivity contribution < 1.29 is 19.1 Å². The molecule has 0 atom stereocenters. The molecule has 1 aliphatic heterocycles. The van der Waals surface area contributed by atoms with Crippen LogP contribution in [0.4, 0.5) is 10.6 Å². The molecule has 156 valence electrons. The van der Waals surface area contributed by atoms with E-state index < -0.39 is 11.7 Å². The number of pyridine rings is 1. The van der Waals surface area contributed by atoms with Gasteiger partial charge < -0.3 is 19.7 Å². The van der Waals surface area contributed by atoms with Crippen molar-refractivity contribution in [3.8, 4) is 0 Å². The first-order valence-corrected chi connectivity index (χ1v) is 10.1. The van der Waals surface area contributed by atoms with E-state index >= 15 is 0 Å². The number of hydrogen-bond acceptors (Lipinski definition) is 6. The van der Waals surface area contributed by atoms with Crippen LogP contribution in [0.5, 0.6) is 0 Å². The van der Waals surface area contributed by atoms with E-state index in [9.17, 15) is 9.59 Å². The lowest BCUT2D eigenvalue weighted by atomic mass is 10.1. The third-order valence-corrected chi connectivity index (χ3v) is 4.36. The van der Waals surface area contributed by atoms with E-state index in [0.29, 0.717) is 13.2 Å². The number of nitrogens with one attached hydrogen (secondary N) is 1. The molecule has 0 spiro atoms. The van der Waals surface area contributed by atoms with Gasteiger partial charge in [-0.15, -0.1) is 0 Å². The second kappa shape index (κ2) is 10.3. The average Bonchev–Trinajstić information content (AvgIpc) is 2.63. The molecular weight excluding hydrogens is 358 g/mol. The maximum absolute atomic E-state index is 12.5. The number of anilines is 1. The first kappa shape index (κ1) is 22.0. The van der Waals surface area contributed by atoms with E-state index in [1.54, 1.807) is 11.8 Å². The van der Waals surface area contributed by atoms with Crippen molar-refractivity contribution in [2.75, 3.05) is 31.6 Å². The Kier molecular flexibility index (Phi) is 8.08. The van der Waals surface area contributed by atoms with Crippen LogP contribution in [0.3, 0.4) is 0 Å². The summed E-state index contributed by atoms with van der Waals surface area (Å²) in [4.78, 5) is 30.4. The first-order valence-electron chi connectivity index (χ1n) is 10.1. The van der Waals surface area contributed by atoms with Gasteiger partial charge in [0.25, 0.3) is 0 Å². The monoisotopic (exact) mass is 391 g/mol. The lowest BCUT2D eigenvalue weighted by molar-refractivity contribution is -0.143. The van der Waals surface area contributed by atoms with E-state index in [1.165, 1.54) is 5.56 Å². The van der Waals surface area contributed by atoms with Crippen LogP contribution in [-0.4, -0.2) is 53.8 Å². The van der Waals surface area contributed by atoms with Crippen molar-refractivity contribution in [2.24, 2.45) is 0 Å². The van der Waals surface area contributed by atoms with Crippen LogP contribution in [0.1, 0.15) is 58.2 Å². The number of nitrogens with zero attached hydrogens (tertiary/aromatic N) is 2. The topological polar surface area (TPSA) is 80.8 Å². The molecule has 1 aromatic heterocycles. The lowest BCUT2D eigenvalue weighted by Crippen LogP contribution is -2.39. The van der Waals surface area contributed by atoms with E-state index in [4.69, 9.17) is 14.5 Å². The zero-order chi connectivity index (χ0) is 20.6. The molecule has 1 amide bonds. The van der Waals surface area contributed by atoms with Gasteiger partial charge in [0.05, 0.1) is 13.0 Å². The van der Waals surface area contributed by atoms with Gasteiger partial charge in [0.2, 0.25) is 0 Å². The van der Waals surface area contributed by atoms with Crippen LogP contribution >= 0.6 is 0 Å². The zero-order valence-electron chi connectivity index (χ0n) is 17.5. The normalized spacial score (nSPS) is 13.3. The lowest BCUT2D eigenvalue weighted by Gasteiger charge is -2.27. The molecule has 0 bridgehead atoms. The predicted octanol–water partition coefficient (Wildman–Crippen LogP) is 3.56. The summed E-state index contributed by atoms with van der Waals surface area (Å²) in [5, 5.41) is 3.34. The van der Waals surface area contributed by atoms with E-state index in [1.807, 2.05) is 20.8 Å². The van der Waals surface area contributed by atoms with E-state index in [-0.39, 0.29) is 18.9 Å². The highest BCUT2D eigenvalue weighted by molar-refractivity contribution is 5.72. The van der Waals surface area contributed by atoms with Gasteiger partial charge in [0, 0.05) is 25.3 Å². The molecule has 1 aromatic rings. The summed E-state index contributed by atoms with van der Waals surface area (Å²) in [6, 6.07) is 4.19. The molecule has 2 heterocycles. The molecule has 7 nitrogen and oxygen atoms in total. The molecule has 2 rings (SSSR count). The van der Waals surface area contributed by atoms with Gasteiger partial charge in [-0.25, -0.2) is 9.78 Å². The zero-order valence-corrected chi connectivity index (χ0v) is 17.5. The number of carbonyl (C=O) groups excluding carboxylic acids is 2. The Labute approximate surface area is 167 Å². The van der Waals surface area contributed by atoms with Crippen molar-refractivity contribution in [2.45, 2.75) is 65.4 Å². The van der Waals surface area contributed by atoms with Gasteiger partial charge in [-0.3, -0.25) is 4.79 Å². The minimum absolute atomic E-state index is 0.161. The average molecular weight is 392 g/mol. The van der Waals surface area contributed by atoms with Crippen molar-refractivity contribution in [1.82, 2.24) is 9.88 Å². The summed E-state index contributed by atoms with van der Waals surface area (Å²) in [7, 11) is 0. The Morgan fingerprint density at radius 3 is 2.75 bits per heavy atom. The van der Waals surface area contributed by atoms with Crippen LogP contribution < -0.4 is 5.32 Å². The number of rotatable bonds is 8. The highest BCUT2D eigenvalue weighted by Gasteiger charge is 2.22. The molecule has 1 N–H and O–H groups in total. The number of carbonyl (C=O) groups is 2. The molecule has 0 saturated carbocycles. The third kappa shape index (κ3) is 7.37. The van der Waals surface area contributed by atoms with Crippen molar-refractivity contribution >= 4 is 17.9 Å². The summed E-state index contributed by atoms with van der Waals surface area (Å²) >= 11 is 0. The van der Waals surface area contributed by atoms with Crippen LogP contribution in [-0.2, 0) is 27.1 Å². The largest absolute Gasteiger partial charge is 0.466 e. The summed E-state index contributed by atoms with van der Waals surface area (Å²) < 4.78 is 10.4. The molecule has 0 saturated heterocycles. The molecule has 0 aromatic carbocycles. The second-order valence-electron chi connectivity index (χ2n) is 7.97. The number of ether oxygens (including phenoxy) is 2. The number of hydrogen-bond donors (Lipinski definition) is 1. The van der Waals surface area contributed by atoms with Crippen molar-refractivity contribution in [3.05, 3.63) is 23.4 Å². The maximum Gasteiger partial charge on any atom is 0.410 e. The third-order valence-electron chi connectivity index (χ3n) is 4.36. The van der Waals surface area contributed by atoms with Gasteiger partial charge in [0.15, 0.2) is 0 Å². The Morgan fingerprint density at radius 2 is 2.04 bits per heavy atom. The fourth-order valence-corrected chi connectivity index (χ4v) is 3.04. The molecule has 28 heavy (non-hydrogen) atoms. The van der Waals surface area contributed by atoms with Crippen LogP contribution in [0, 0.1) is 0 Å².